The highest BCUT2D eigenvalue weighted by atomic mass is 32.2. The van der Waals surface area contributed by atoms with Gasteiger partial charge in [0.15, 0.2) is 0 Å². The summed E-state index contributed by atoms with van der Waals surface area (Å²) in [6.07, 6.45) is 0.467. The largest absolute Gasteiger partial charge is 0.496 e. The van der Waals surface area contributed by atoms with Gasteiger partial charge in [-0.2, -0.15) is 17.9 Å². The van der Waals surface area contributed by atoms with Gasteiger partial charge in [-0.25, -0.2) is 0 Å². The number of ether oxygens (including phenoxy) is 1. The second-order valence-corrected chi connectivity index (χ2v) is 9.26. The monoisotopic (exact) mass is 420 g/mol. The number of nitrogens with zero attached hydrogens (tertiary/aromatic N) is 2. The van der Waals surface area contributed by atoms with E-state index in [0.717, 1.165) is 28.0 Å². The lowest BCUT2D eigenvalue weighted by molar-refractivity contribution is 0.350. The Bertz CT molecular complexity index is 1180. The van der Waals surface area contributed by atoms with E-state index in [2.05, 4.69) is 5.10 Å². The van der Waals surface area contributed by atoms with Crippen LogP contribution in [0.3, 0.4) is 0 Å². The van der Waals surface area contributed by atoms with Gasteiger partial charge in [-0.1, -0.05) is 65.7 Å². The molecule has 3 aromatic rings. The number of para-hydroxylation sites is 1. The van der Waals surface area contributed by atoms with E-state index >= 15 is 0 Å². The van der Waals surface area contributed by atoms with E-state index in [1.54, 1.807) is 31.4 Å². The van der Waals surface area contributed by atoms with Gasteiger partial charge in [-0.3, -0.25) is 0 Å². The Kier molecular flexibility index (Phi) is 5.35. The Hall–Kier alpha value is -3.12. The van der Waals surface area contributed by atoms with Crippen molar-refractivity contribution in [2.45, 2.75) is 31.2 Å². The maximum absolute atomic E-state index is 13.5. The number of hydrogen-bond acceptors (Lipinski definition) is 4. The molecule has 0 fully saturated rings. The Morgan fingerprint density at radius 2 is 1.50 bits per heavy atom. The van der Waals surface area contributed by atoms with Crippen LogP contribution in [0, 0.1) is 13.8 Å². The normalized spacial score (nSPS) is 16.4. The first kappa shape index (κ1) is 20.2. The molecule has 30 heavy (non-hydrogen) atoms. The summed E-state index contributed by atoms with van der Waals surface area (Å²) in [5.41, 5.74) is 4.59. The molecule has 5 nitrogen and oxygen atoms in total. The predicted molar refractivity (Wildman–Crippen MR) is 118 cm³/mol. The maximum atomic E-state index is 13.5. The van der Waals surface area contributed by atoms with E-state index in [1.807, 2.05) is 62.4 Å². The summed E-state index contributed by atoms with van der Waals surface area (Å²) in [4.78, 5) is 0.224. The van der Waals surface area contributed by atoms with Crippen molar-refractivity contribution in [3.63, 3.8) is 0 Å². The predicted octanol–water partition coefficient (Wildman–Crippen LogP) is 4.85. The molecule has 154 valence electrons. The number of benzene rings is 3. The lowest BCUT2D eigenvalue weighted by atomic mass is 9.98. The molecule has 3 aromatic carbocycles. The van der Waals surface area contributed by atoms with E-state index in [-0.39, 0.29) is 4.90 Å². The molecule has 0 radical (unpaired) electrons. The topological polar surface area (TPSA) is 59.0 Å². The number of methoxy groups -OCH3 is 1. The molecule has 4 rings (SSSR count). The highest BCUT2D eigenvalue weighted by Crippen LogP contribution is 2.40. The summed E-state index contributed by atoms with van der Waals surface area (Å²) < 4.78 is 33.8. The van der Waals surface area contributed by atoms with E-state index in [0.29, 0.717) is 12.2 Å². The number of aryl methyl sites for hydroxylation is 2. The Balaban J connectivity index is 1.83. The van der Waals surface area contributed by atoms with Gasteiger partial charge in [0.25, 0.3) is 10.0 Å². The molecule has 1 atom stereocenters. The first-order valence-corrected chi connectivity index (χ1v) is 11.2. The van der Waals surface area contributed by atoms with Crippen molar-refractivity contribution in [2.75, 3.05) is 7.11 Å². The van der Waals surface area contributed by atoms with E-state index in [9.17, 15) is 8.42 Å². The summed E-state index contributed by atoms with van der Waals surface area (Å²) in [5.74, 6) is 0.645. The summed E-state index contributed by atoms with van der Waals surface area (Å²) in [5, 5.41) is 4.60. The first-order valence-electron chi connectivity index (χ1n) is 9.78. The molecular formula is C24H24N2O3S. The lowest BCUT2D eigenvalue weighted by Crippen LogP contribution is -2.27. The fourth-order valence-electron chi connectivity index (χ4n) is 3.62. The Morgan fingerprint density at radius 1 is 0.900 bits per heavy atom. The van der Waals surface area contributed by atoms with Gasteiger partial charge < -0.3 is 4.74 Å². The molecule has 0 saturated carbocycles. The van der Waals surface area contributed by atoms with E-state index in [1.165, 1.54) is 4.41 Å². The average molecular weight is 421 g/mol. The molecule has 1 unspecified atom stereocenters. The number of hydrazone groups is 1. The van der Waals surface area contributed by atoms with Crippen molar-refractivity contribution in [3.8, 4) is 5.75 Å². The zero-order chi connectivity index (χ0) is 21.3. The number of rotatable bonds is 5. The number of sulfonamides is 1. The molecule has 0 saturated heterocycles. The highest BCUT2D eigenvalue weighted by molar-refractivity contribution is 7.89. The summed E-state index contributed by atoms with van der Waals surface area (Å²) >= 11 is 0. The van der Waals surface area contributed by atoms with Crippen LogP contribution in [-0.2, 0) is 10.0 Å². The van der Waals surface area contributed by atoms with Crippen molar-refractivity contribution in [1.29, 1.82) is 0 Å². The van der Waals surface area contributed by atoms with Crippen LogP contribution < -0.4 is 4.74 Å². The van der Waals surface area contributed by atoms with Gasteiger partial charge in [0.05, 0.1) is 23.8 Å². The third-order valence-corrected chi connectivity index (χ3v) is 7.02. The minimum atomic E-state index is -3.84. The molecule has 0 bridgehead atoms. The number of hydrogen-bond donors (Lipinski definition) is 0. The van der Waals surface area contributed by atoms with Crippen LogP contribution in [-0.4, -0.2) is 25.7 Å². The van der Waals surface area contributed by atoms with E-state index in [4.69, 9.17) is 4.74 Å². The molecule has 0 aliphatic carbocycles. The fraction of sp³-hybridized carbons (Fsp3) is 0.208. The van der Waals surface area contributed by atoms with Crippen molar-refractivity contribution < 1.29 is 13.2 Å². The molecule has 6 heteroatoms. The summed E-state index contributed by atoms with van der Waals surface area (Å²) in [6, 6.07) is 21.8. The average Bonchev–Trinajstić information content (AvgIpc) is 3.21. The van der Waals surface area contributed by atoms with Crippen molar-refractivity contribution in [3.05, 3.63) is 95.1 Å². The van der Waals surface area contributed by atoms with Crippen LogP contribution in [0.25, 0.3) is 0 Å². The van der Waals surface area contributed by atoms with Crippen LogP contribution in [0.1, 0.15) is 34.7 Å². The molecule has 0 N–H and O–H groups in total. The van der Waals surface area contributed by atoms with Gasteiger partial charge >= 0.3 is 0 Å². The molecule has 0 amide bonds. The smallest absolute Gasteiger partial charge is 0.279 e. The van der Waals surface area contributed by atoms with Crippen molar-refractivity contribution in [2.24, 2.45) is 5.10 Å². The summed E-state index contributed by atoms with van der Waals surface area (Å²) in [7, 11) is -2.24. The third kappa shape index (κ3) is 3.71. The Labute approximate surface area is 177 Å². The van der Waals surface area contributed by atoms with Crippen LogP contribution in [0.4, 0.5) is 0 Å². The molecule has 1 heterocycles. The minimum absolute atomic E-state index is 0.224. The van der Waals surface area contributed by atoms with Gasteiger partial charge in [-0.05, 0) is 37.6 Å². The van der Waals surface area contributed by atoms with Crippen LogP contribution in [0.15, 0.2) is 82.8 Å². The summed E-state index contributed by atoms with van der Waals surface area (Å²) in [6.45, 7) is 3.95. The molecule has 1 aliphatic rings. The fourth-order valence-corrected chi connectivity index (χ4v) is 5.05. The zero-order valence-corrected chi connectivity index (χ0v) is 18.1. The Morgan fingerprint density at radius 3 is 2.13 bits per heavy atom. The van der Waals surface area contributed by atoms with Gasteiger partial charge in [0, 0.05) is 12.0 Å². The molecule has 1 aliphatic heterocycles. The molecule has 0 aromatic heterocycles. The van der Waals surface area contributed by atoms with Crippen LogP contribution in [0.2, 0.25) is 0 Å². The maximum Gasteiger partial charge on any atom is 0.279 e. The van der Waals surface area contributed by atoms with Gasteiger partial charge in [0.1, 0.15) is 5.75 Å². The minimum Gasteiger partial charge on any atom is -0.496 e. The van der Waals surface area contributed by atoms with Gasteiger partial charge in [0.2, 0.25) is 0 Å². The SMILES string of the molecule is COc1ccccc1C1CC(c2ccc(C)cc2)=NN1S(=O)(=O)c1ccc(C)cc1. The standard InChI is InChI=1S/C24H24N2O3S/c1-17-8-12-19(13-9-17)22-16-23(21-6-4-5-7-24(21)29-3)26(25-22)30(27,28)20-14-10-18(2)11-15-20/h4-15,23H,16H2,1-3H3. The quantitative estimate of drug-likeness (QED) is 0.593. The third-order valence-electron chi connectivity index (χ3n) is 5.32. The van der Waals surface area contributed by atoms with Crippen LogP contribution in [0.5, 0.6) is 5.75 Å². The van der Waals surface area contributed by atoms with E-state index < -0.39 is 16.1 Å². The second kappa shape index (κ2) is 7.95. The first-order chi connectivity index (χ1) is 14.4. The highest BCUT2D eigenvalue weighted by Gasteiger charge is 2.38. The molecular weight excluding hydrogens is 396 g/mol. The van der Waals surface area contributed by atoms with Crippen molar-refractivity contribution in [1.82, 2.24) is 4.41 Å². The zero-order valence-electron chi connectivity index (χ0n) is 17.2. The van der Waals surface area contributed by atoms with Crippen molar-refractivity contribution >= 4 is 15.7 Å². The van der Waals surface area contributed by atoms with Crippen LogP contribution >= 0.6 is 0 Å². The second-order valence-electron chi connectivity index (χ2n) is 7.47. The molecule has 0 spiro atoms. The lowest BCUT2D eigenvalue weighted by Gasteiger charge is -2.24. The van der Waals surface area contributed by atoms with Gasteiger partial charge in [-0.15, -0.1) is 0 Å².